The van der Waals surface area contributed by atoms with Gasteiger partial charge < -0.3 is 10.1 Å². The summed E-state index contributed by atoms with van der Waals surface area (Å²) in [5.74, 6) is 2.97. The van der Waals surface area contributed by atoms with E-state index in [9.17, 15) is 0 Å². The van der Waals surface area contributed by atoms with E-state index in [4.69, 9.17) is 19.7 Å². The fraction of sp³-hybridized carbons (Fsp3) is 0.167. The number of hydrogen-bond donors (Lipinski definition) is 1. The number of methoxy groups -OCH3 is 1. The van der Waals surface area contributed by atoms with Gasteiger partial charge in [0, 0.05) is 29.1 Å². The Bertz CT molecular complexity index is 1280. The number of aryl methyl sites for hydroxylation is 1. The Morgan fingerprint density at radius 3 is 2.77 bits per heavy atom. The molecule has 1 aliphatic heterocycles. The Labute approximate surface area is 184 Å². The van der Waals surface area contributed by atoms with E-state index in [2.05, 4.69) is 41.5 Å². The van der Waals surface area contributed by atoms with Crippen LogP contribution in [0.25, 0.3) is 22.3 Å². The second-order valence-corrected chi connectivity index (χ2v) is 8.29. The molecule has 1 aliphatic rings. The average molecular weight is 428 g/mol. The van der Waals surface area contributed by atoms with E-state index in [1.54, 1.807) is 31.3 Å². The maximum absolute atomic E-state index is 5.42. The Kier molecular flexibility index (Phi) is 5.26. The lowest BCUT2D eigenvalue weighted by Crippen LogP contribution is -2.12. The number of nitrogens with zero attached hydrogens (tertiary/aromatic N) is 4. The topological polar surface area (TPSA) is 72.3 Å². The molecule has 1 atom stereocenters. The Morgan fingerprint density at radius 2 is 1.97 bits per heavy atom. The summed E-state index contributed by atoms with van der Waals surface area (Å²) in [7, 11) is 1.66. The van der Waals surface area contributed by atoms with Crippen molar-refractivity contribution in [3.63, 3.8) is 0 Å². The molecule has 2 aromatic heterocycles. The molecule has 31 heavy (non-hydrogen) atoms. The van der Waals surface area contributed by atoms with Gasteiger partial charge in [-0.05, 0) is 48.4 Å². The second-order valence-electron chi connectivity index (χ2n) is 7.22. The van der Waals surface area contributed by atoms with Crippen molar-refractivity contribution in [2.24, 2.45) is 4.99 Å². The number of aromatic nitrogens is 3. The van der Waals surface area contributed by atoms with E-state index in [0.29, 0.717) is 5.82 Å². The van der Waals surface area contributed by atoms with Gasteiger partial charge in [0.1, 0.15) is 11.6 Å². The smallest absolute Gasteiger partial charge is 0.168 e. The lowest BCUT2D eigenvalue weighted by Gasteiger charge is -2.14. The number of aliphatic imine (C=N–C) groups is 1. The highest BCUT2D eigenvalue weighted by Crippen LogP contribution is 2.32. The lowest BCUT2D eigenvalue weighted by atomic mass is 10.1. The average Bonchev–Trinajstić information content (AvgIpc) is 3.28. The first-order chi connectivity index (χ1) is 15.2. The number of benzene rings is 2. The standard InChI is InChI=1S/C24H21N5OS/c1-15-6-3-4-8-18(15)21-14-31-24(27-21)29-23-19-12-17(30-2)9-10-20(19)26-22(28-23)16-7-5-11-25-13-16/h3-13,24H,14H2,1-2H3,(H,26,28,29). The molecule has 0 saturated carbocycles. The SMILES string of the molecule is COc1ccc2nc(-c3cccnc3)nc(NC3N=C(c4ccccc4C)CS3)c2c1. The van der Waals surface area contributed by atoms with Crippen LogP contribution in [0.2, 0.25) is 0 Å². The number of rotatable bonds is 5. The Hall–Kier alpha value is -3.45. The lowest BCUT2D eigenvalue weighted by molar-refractivity contribution is 0.415. The summed E-state index contributed by atoms with van der Waals surface area (Å²) in [6.45, 7) is 2.12. The molecule has 1 unspecified atom stereocenters. The van der Waals surface area contributed by atoms with Crippen LogP contribution in [0.4, 0.5) is 5.82 Å². The van der Waals surface area contributed by atoms with Crippen LogP contribution in [0.5, 0.6) is 5.75 Å². The first kappa shape index (κ1) is 19.5. The van der Waals surface area contributed by atoms with Gasteiger partial charge in [-0.25, -0.2) is 9.97 Å². The minimum Gasteiger partial charge on any atom is -0.497 e. The zero-order chi connectivity index (χ0) is 21.2. The molecule has 3 heterocycles. The molecule has 5 rings (SSSR count). The number of thioether (sulfide) groups is 1. The summed E-state index contributed by atoms with van der Waals surface area (Å²) in [5, 5.41) is 4.41. The zero-order valence-corrected chi connectivity index (χ0v) is 18.1. The van der Waals surface area contributed by atoms with Crippen molar-refractivity contribution in [3.8, 4) is 17.1 Å². The highest BCUT2D eigenvalue weighted by Gasteiger charge is 2.22. The summed E-state index contributed by atoms with van der Waals surface area (Å²) in [6.07, 6.45) is 3.51. The Balaban J connectivity index is 1.54. The van der Waals surface area contributed by atoms with Crippen LogP contribution in [-0.2, 0) is 0 Å². The van der Waals surface area contributed by atoms with Crippen molar-refractivity contribution in [2.45, 2.75) is 12.4 Å². The van der Waals surface area contributed by atoms with Crippen LogP contribution in [0.3, 0.4) is 0 Å². The number of nitrogens with one attached hydrogen (secondary N) is 1. The molecule has 0 radical (unpaired) electrons. The number of fused-ring (bicyclic) bond motifs is 1. The van der Waals surface area contributed by atoms with Crippen molar-refractivity contribution in [1.29, 1.82) is 0 Å². The first-order valence-electron chi connectivity index (χ1n) is 9.98. The minimum atomic E-state index is -0.124. The van der Waals surface area contributed by atoms with E-state index in [1.807, 2.05) is 30.3 Å². The normalized spacial score (nSPS) is 15.7. The van der Waals surface area contributed by atoms with Crippen molar-refractivity contribution in [3.05, 3.63) is 78.1 Å². The molecule has 4 aromatic rings. The van der Waals surface area contributed by atoms with Gasteiger partial charge in [0.25, 0.3) is 0 Å². The van der Waals surface area contributed by atoms with Crippen LogP contribution in [0.15, 0.2) is 72.0 Å². The van der Waals surface area contributed by atoms with Crippen LogP contribution in [0, 0.1) is 6.92 Å². The summed E-state index contributed by atoms with van der Waals surface area (Å²) in [4.78, 5) is 18.7. The van der Waals surface area contributed by atoms with Gasteiger partial charge in [-0.3, -0.25) is 9.98 Å². The molecule has 0 saturated heterocycles. The van der Waals surface area contributed by atoms with Crippen LogP contribution >= 0.6 is 11.8 Å². The molecule has 0 spiro atoms. The van der Waals surface area contributed by atoms with Crippen LogP contribution in [0.1, 0.15) is 11.1 Å². The summed E-state index contributed by atoms with van der Waals surface area (Å²) in [6, 6.07) is 18.0. The van der Waals surface area contributed by atoms with Gasteiger partial charge in [-0.1, -0.05) is 24.3 Å². The summed E-state index contributed by atoms with van der Waals surface area (Å²) in [5.41, 5.74) is 5.11. The quantitative estimate of drug-likeness (QED) is 0.486. The number of hydrogen-bond acceptors (Lipinski definition) is 7. The van der Waals surface area contributed by atoms with Gasteiger partial charge in [-0.2, -0.15) is 0 Å². The third kappa shape index (κ3) is 3.96. The van der Waals surface area contributed by atoms with E-state index in [-0.39, 0.29) is 5.50 Å². The van der Waals surface area contributed by atoms with Gasteiger partial charge in [-0.15, -0.1) is 11.8 Å². The molecule has 2 aromatic carbocycles. The van der Waals surface area contributed by atoms with Gasteiger partial charge in [0.15, 0.2) is 11.3 Å². The van der Waals surface area contributed by atoms with Crippen molar-refractivity contribution < 1.29 is 4.74 Å². The van der Waals surface area contributed by atoms with Crippen molar-refractivity contribution >= 4 is 34.2 Å². The summed E-state index contributed by atoms with van der Waals surface area (Å²) < 4.78 is 5.42. The van der Waals surface area contributed by atoms with E-state index >= 15 is 0 Å². The van der Waals surface area contributed by atoms with Crippen LogP contribution in [-0.4, -0.2) is 39.0 Å². The Morgan fingerprint density at radius 1 is 1.06 bits per heavy atom. The second kappa shape index (κ2) is 8.35. The number of ether oxygens (including phenoxy) is 1. The molecule has 6 nitrogen and oxygen atoms in total. The van der Waals surface area contributed by atoms with Crippen molar-refractivity contribution in [1.82, 2.24) is 15.0 Å². The number of anilines is 1. The van der Waals surface area contributed by atoms with E-state index in [0.717, 1.165) is 39.5 Å². The third-order valence-corrected chi connectivity index (χ3v) is 6.17. The monoisotopic (exact) mass is 427 g/mol. The molecule has 1 N–H and O–H groups in total. The summed E-state index contributed by atoms with van der Waals surface area (Å²) >= 11 is 1.75. The molecular formula is C24H21N5OS. The number of pyridine rings is 1. The molecule has 154 valence electrons. The van der Waals surface area contributed by atoms with Gasteiger partial charge in [0.2, 0.25) is 0 Å². The molecule has 0 amide bonds. The molecule has 0 aliphatic carbocycles. The maximum Gasteiger partial charge on any atom is 0.168 e. The minimum absolute atomic E-state index is 0.124. The highest BCUT2D eigenvalue weighted by atomic mass is 32.2. The third-order valence-electron chi connectivity index (χ3n) is 5.19. The maximum atomic E-state index is 5.42. The predicted octanol–water partition coefficient (Wildman–Crippen LogP) is 4.94. The molecule has 7 heteroatoms. The first-order valence-corrected chi connectivity index (χ1v) is 11.0. The zero-order valence-electron chi connectivity index (χ0n) is 17.2. The van der Waals surface area contributed by atoms with E-state index < -0.39 is 0 Å². The fourth-order valence-electron chi connectivity index (χ4n) is 3.58. The van der Waals surface area contributed by atoms with Gasteiger partial charge in [0.05, 0.1) is 18.3 Å². The molecular weight excluding hydrogens is 406 g/mol. The highest BCUT2D eigenvalue weighted by molar-refractivity contribution is 8.01. The van der Waals surface area contributed by atoms with E-state index in [1.165, 1.54) is 11.1 Å². The fourth-order valence-corrected chi connectivity index (χ4v) is 4.52. The molecule has 0 fully saturated rings. The van der Waals surface area contributed by atoms with Gasteiger partial charge >= 0.3 is 0 Å². The van der Waals surface area contributed by atoms with Crippen LogP contribution < -0.4 is 10.1 Å². The predicted molar refractivity (Wildman–Crippen MR) is 127 cm³/mol. The van der Waals surface area contributed by atoms with Crippen molar-refractivity contribution in [2.75, 3.05) is 18.2 Å². The largest absolute Gasteiger partial charge is 0.497 e. The molecule has 0 bridgehead atoms.